The molecule has 5 nitrogen and oxygen atoms in total. The number of rotatable bonds is 3. The summed E-state index contributed by atoms with van der Waals surface area (Å²) in [5, 5.41) is 0. The second-order valence-corrected chi connectivity index (χ2v) is 6.55. The summed E-state index contributed by atoms with van der Waals surface area (Å²) >= 11 is 0. The standard InChI is InChI=1S/C22H19N3O2/c1-2-4-16(5-3-1)18-8-9-23-19-14-20(27-22(18)19)17-6-7-21(24-15-17)25-10-12-26-13-11-25/h1-9,14-15H,10-13H2. The van der Waals surface area contributed by atoms with Crippen LogP contribution in [0.3, 0.4) is 0 Å². The first kappa shape index (κ1) is 16.0. The van der Waals surface area contributed by atoms with Crippen molar-refractivity contribution in [1.82, 2.24) is 9.97 Å². The molecule has 0 N–H and O–H groups in total. The number of furan rings is 1. The van der Waals surface area contributed by atoms with Crippen molar-refractivity contribution >= 4 is 16.9 Å². The van der Waals surface area contributed by atoms with E-state index in [1.54, 1.807) is 0 Å². The maximum Gasteiger partial charge on any atom is 0.161 e. The number of benzene rings is 1. The minimum absolute atomic E-state index is 0.751. The van der Waals surface area contributed by atoms with Crippen molar-refractivity contribution in [2.45, 2.75) is 0 Å². The highest BCUT2D eigenvalue weighted by Gasteiger charge is 2.15. The molecule has 0 unspecified atom stereocenters. The SMILES string of the molecule is c1ccc(-c2ccnc3cc(-c4ccc(N5CCOCC5)nc4)oc23)cc1. The van der Waals surface area contributed by atoms with Crippen molar-refractivity contribution < 1.29 is 9.15 Å². The number of hydrogen-bond acceptors (Lipinski definition) is 5. The number of ether oxygens (including phenoxy) is 1. The summed E-state index contributed by atoms with van der Waals surface area (Å²) in [6.07, 6.45) is 3.69. The zero-order valence-electron chi connectivity index (χ0n) is 14.8. The summed E-state index contributed by atoms with van der Waals surface area (Å²) in [5.74, 6) is 1.75. The molecule has 0 amide bonds. The van der Waals surface area contributed by atoms with Gasteiger partial charge in [0.2, 0.25) is 0 Å². The number of hydrogen-bond donors (Lipinski definition) is 0. The molecule has 1 aromatic carbocycles. The van der Waals surface area contributed by atoms with E-state index in [1.165, 1.54) is 0 Å². The fraction of sp³-hybridized carbons (Fsp3) is 0.182. The summed E-state index contributed by atoms with van der Waals surface area (Å²) < 4.78 is 11.6. The Kier molecular flexibility index (Phi) is 4.07. The van der Waals surface area contributed by atoms with Gasteiger partial charge in [-0.2, -0.15) is 0 Å². The molecule has 1 fully saturated rings. The van der Waals surface area contributed by atoms with Gasteiger partial charge in [0.15, 0.2) is 5.58 Å². The molecule has 1 aliphatic heterocycles. The van der Waals surface area contributed by atoms with Crippen LogP contribution in [0.2, 0.25) is 0 Å². The van der Waals surface area contributed by atoms with Gasteiger partial charge in [0.05, 0.1) is 13.2 Å². The molecule has 0 saturated carbocycles. The normalized spacial score (nSPS) is 14.6. The van der Waals surface area contributed by atoms with Crippen LogP contribution in [0.4, 0.5) is 5.82 Å². The van der Waals surface area contributed by atoms with Crippen molar-refractivity contribution in [3.8, 4) is 22.5 Å². The van der Waals surface area contributed by atoms with Crippen molar-refractivity contribution in [3.05, 3.63) is 67.0 Å². The molecule has 0 atom stereocenters. The summed E-state index contributed by atoms with van der Waals surface area (Å²) in [6, 6.07) is 18.3. The minimum atomic E-state index is 0.751. The predicted molar refractivity (Wildman–Crippen MR) is 106 cm³/mol. The zero-order chi connectivity index (χ0) is 18.1. The van der Waals surface area contributed by atoms with Gasteiger partial charge in [0.25, 0.3) is 0 Å². The van der Waals surface area contributed by atoms with E-state index in [-0.39, 0.29) is 0 Å². The van der Waals surface area contributed by atoms with Crippen molar-refractivity contribution in [1.29, 1.82) is 0 Å². The second kappa shape index (κ2) is 6.85. The summed E-state index contributed by atoms with van der Waals surface area (Å²) in [6.45, 7) is 3.25. The Hall–Kier alpha value is -3.18. The maximum absolute atomic E-state index is 6.19. The fourth-order valence-electron chi connectivity index (χ4n) is 3.44. The maximum atomic E-state index is 6.19. The molecule has 0 radical (unpaired) electrons. The quantitative estimate of drug-likeness (QED) is 0.544. The molecule has 4 aromatic rings. The second-order valence-electron chi connectivity index (χ2n) is 6.55. The van der Waals surface area contributed by atoms with E-state index in [1.807, 2.05) is 48.8 Å². The Balaban J connectivity index is 1.50. The highest BCUT2D eigenvalue weighted by Crippen LogP contribution is 2.33. The first-order valence-electron chi connectivity index (χ1n) is 9.11. The lowest BCUT2D eigenvalue weighted by molar-refractivity contribution is 0.122. The molecule has 4 heterocycles. The molecule has 27 heavy (non-hydrogen) atoms. The smallest absolute Gasteiger partial charge is 0.161 e. The van der Waals surface area contributed by atoms with Crippen LogP contribution in [-0.2, 0) is 4.74 Å². The predicted octanol–water partition coefficient (Wildman–Crippen LogP) is 4.39. The van der Waals surface area contributed by atoms with Gasteiger partial charge in [0.1, 0.15) is 17.1 Å². The lowest BCUT2D eigenvalue weighted by Crippen LogP contribution is -2.36. The van der Waals surface area contributed by atoms with Gasteiger partial charge in [-0.3, -0.25) is 4.98 Å². The molecule has 5 rings (SSSR count). The molecule has 0 spiro atoms. The summed E-state index contributed by atoms with van der Waals surface area (Å²) in [5.41, 5.74) is 4.76. The number of fused-ring (bicyclic) bond motifs is 1. The van der Waals surface area contributed by atoms with E-state index >= 15 is 0 Å². The fourth-order valence-corrected chi connectivity index (χ4v) is 3.44. The van der Waals surface area contributed by atoms with Crippen LogP contribution in [0.5, 0.6) is 0 Å². The number of anilines is 1. The molecule has 1 saturated heterocycles. The largest absolute Gasteiger partial charge is 0.454 e. The molecular formula is C22H19N3O2. The van der Waals surface area contributed by atoms with Crippen molar-refractivity contribution in [2.75, 3.05) is 31.2 Å². The van der Waals surface area contributed by atoms with E-state index in [0.717, 1.165) is 65.7 Å². The van der Waals surface area contributed by atoms with Gasteiger partial charge >= 0.3 is 0 Å². The molecule has 3 aromatic heterocycles. The van der Waals surface area contributed by atoms with Crippen molar-refractivity contribution in [2.24, 2.45) is 0 Å². The molecule has 134 valence electrons. The molecule has 5 heteroatoms. The van der Waals surface area contributed by atoms with Gasteiger partial charge in [0, 0.05) is 42.7 Å². The van der Waals surface area contributed by atoms with Gasteiger partial charge in [-0.1, -0.05) is 30.3 Å². The van der Waals surface area contributed by atoms with Gasteiger partial charge in [-0.15, -0.1) is 0 Å². The van der Waals surface area contributed by atoms with Crippen LogP contribution < -0.4 is 4.90 Å². The number of morpholine rings is 1. The minimum Gasteiger partial charge on any atom is -0.454 e. The van der Waals surface area contributed by atoms with E-state index in [2.05, 4.69) is 33.1 Å². The zero-order valence-corrected chi connectivity index (χ0v) is 14.8. The number of pyridine rings is 2. The Morgan fingerprint density at radius 1 is 0.852 bits per heavy atom. The number of nitrogens with zero attached hydrogens (tertiary/aromatic N) is 3. The van der Waals surface area contributed by atoms with Crippen LogP contribution in [0.15, 0.2) is 71.4 Å². The highest BCUT2D eigenvalue weighted by molar-refractivity contribution is 5.92. The monoisotopic (exact) mass is 357 g/mol. The molecule has 0 aliphatic carbocycles. The molecular weight excluding hydrogens is 338 g/mol. The third-order valence-corrected chi connectivity index (χ3v) is 4.86. The third kappa shape index (κ3) is 3.06. The van der Waals surface area contributed by atoms with E-state index < -0.39 is 0 Å². The first-order valence-corrected chi connectivity index (χ1v) is 9.11. The van der Waals surface area contributed by atoms with Crippen LogP contribution in [0.1, 0.15) is 0 Å². The summed E-state index contributed by atoms with van der Waals surface area (Å²) in [4.78, 5) is 11.3. The Labute approximate surface area is 157 Å². The van der Waals surface area contributed by atoms with Crippen LogP contribution >= 0.6 is 0 Å². The Bertz CT molecular complexity index is 1050. The number of aromatic nitrogens is 2. The van der Waals surface area contributed by atoms with Gasteiger partial charge < -0.3 is 14.1 Å². The van der Waals surface area contributed by atoms with Crippen molar-refractivity contribution in [3.63, 3.8) is 0 Å². The average molecular weight is 357 g/mol. The Morgan fingerprint density at radius 2 is 1.70 bits per heavy atom. The Morgan fingerprint density at radius 3 is 2.48 bits per heavy atom. The van der Waals surface area contributed by atoms with Gasteiger partial charge in [-0.25, -0.2) is 4.98 Å². The molecule has 0 bridgehead atoms. The van der Waals surface area contributed by atoms with Crippen LogP contribution in [0.25, 0.3) is 33.6 Å². The highest BCUT2D eigenvalue weighted by atomic mass is 16.5. The first-order chi connectivity index (χ1) is 13.4. The average Bonchev–Trinajstić information content (AvgIpc) is 3.19. The van der Waals surface area contributed by atoms with E-state index in [4.69, 9.17) is 9.15 Å². The third-order valence-electron chi connectivity index (χ3n) is 4.86. The van der Waals surface area contributed by atoms with Crippen LogP contribution in [0, 0.1) is 0 Å². The topological polar surface area (TPSA) is 51.4 Å². The van der Waals surface area contributed by atoms with Crippen LogP contribution in [-0.4, -0.2) is 36.3 Å². The van der Waals surface area contributed by atoms with Gasteiger partial charge in [-0.05, 0) is 23.8 Å². The molecule has 1 aliphatic rings. The lowest BCUT2D eigenvalue weighted by atomic mass is 10.1. The van der Waals surface area contributed by atoms with E-state index in [0.29, 0.717) is 0 Å². The summed E-state index contributed by atoms with van der Waals surface area (Å²) in [7, 11) is 0. The van der Waals surface area contributed by atoms with E-state index in [9.17, 15) is 0 Å². The lowest BCUT2D eigenvalue weighted by Gasteiger charge is -2.27.